The fourth-order valence-corrected chi connectivity index (χ4v) is 1.97. The molecular formula is C17H17N3O3. The zero-order valence-electron chi connectivity index (χ0n) is 12.9. The van der Waals surface area contributed by atoms with Crippen molar-refractivity contribution in [2.24, 2.45) is 5.10 Å². The Morgan fingerprint density at radius 3 is 2.30 bits per heavy atom. The summed E-state index contributed by atoms with van der Waals surface area (Å²) in [7, 11) is 0. The van der Waals surface area contributed by atoms with E-state index in [1.807, 2.05) is 38.1 Å². The number of aryl methyl sites for hydroxylation is 1. The van der Waals surface area contributed by atoms with E-state index in [4.69, 9.17) is 0 Å². The van der Waals surface area contributed by atoms with Crippen LogP contribution in [0.1, 0.15) is 23.6 Å². The zero-order chi connectivity index (χ0) is 16.8. The molecule has 6 nitrogen and oxygen atoms in total. The van der Waals surface area contributed by atoms with E-state index < -0.39 is 4.92 Å². The van der Waals surface area contributed by atoms with Crippen LogP contribution in [0, 0.1) is 17.0 Å². The van der Waals surface area contributed by atoms with Crippen molar-refractivity contribution in [2.75, 3.05) is 0 Å². The van der Waals surface area contributed by atoms with E-state index >= 15 is 0 Å². The summed E-state index contributed by atoms with van der Waals surface area (Å²) < 4.78 is 0. The number of nitrogens with zero attached hydrogens (tertiary/aromatic N) is 2. The minimum atomic E-state index is -0.473. The topological polar surface area (TPSA) is 84.6 Å². The van der Waals surface area contributed by atoms with E-state index in [2.05, 4.69) is 10.5 Å². The summed E-state index contributed by atoms with van der Waals surface area (Å²) in [6.45, 7) is 3.82. The molecule has 1 amide bonds. The van der Waals surface area contributed by atoms with Crippen molar-refractivity contribution < 1.29 is 9.72 Å². The highest BCUT2D eigenvalue weighted by Gasteiger charge is 2.07. The Balaban J connectivity index is 1.95. The molecule has 0 fully saturated rings. The van der Waals surface area contributed by atoms with Crippen molar-refractivity contribution in [1.82, 2.24) is 5.43 Å². The standard InChI is InChI=1S/C17H17N3O3/c1-12-3-7-15(8-4-12)13(2)18-19-17(21)11-14-5-9-16(10-6-14)20(22)23/h3-10H,11H2,1-2H3,(H,19,21). The number of hydrogen-bond donors (Lipinski definition) is 1. The lowest BCUT2D eigenvalue weighted by molar-refractivity contribution is -0.384. The lowest BCUT2D eigenvalue weighted by Crippen LogP contribution is -2.21. The maximum atomic E-state index is 11.9. The molecule has 6 heteroatoms. The summed E-state index contributed by atoms with van der Waals surface area (Å²) in [5, 5.41) is 14.7. The molecule has 0 spiro atoms. The Labute approximate surface area is 134 Å². The van der Waals surface area contributed by atoms with Gasteiger partial charge in [-0.25, -0.2) is 5.43 Å². The van der Waals surface area contributed by atoms with E-state index in [9.17, 15) is 14.9 Å². The number of nitro benzene ring substituents is 1. The first-order valence-corrected chi connectivity index (χ1v) is 7.09. The van der Waals surface area contributed by atoms with Gasteiger partial charge >= 0.3 is 0 Å². The van der Waals surface area contributed by atoms with Gasteiger partial charge in [0, 0.05) is 12.1 Å². The van der Waals surface area contributed by atoms with Crippen LogP contribution in [-0.2, 0) is 11.2 Å². The predicted octanol–water partition coefficient (Wildman–Crippen LogP) is 2.99. The van der Waals surface area contributed by atoms with Gasteiger partial charge in [-0.2, -0.15) is 5.10 Å². The van der Waals surface area contributed by atoms with Gasteiger partial charge < -0.3 is 0 Å². The molecular weight excluding hydrogens is 294 g/mol. The SMILES string of the molecule is CC(=NNC(=O)Cc1ccc([N+](=O)[O-])cc1)c1ccc(C)cc1. The minimum absolute atomic E-state index is 0.00222. The third-order valence-corrected chi connectivity index (χ3v) is 3.33. The first-order chi connectivity index (χ1) is 11.0. The van der Waals surface area contributed by atoms with E-state index in [0.29, 0.717) is 11.3 Å². The summed E-state index contributed by atoms with van der Waals surface area (Å²) in [5.74, 6) is -0.273. The molecule has 0 heterocycles. The summed E-state index contributed by atoms with van der Waals surface area (Å²) >= 11 is 0. The third kappa shape index (κ3) is 4.74. The maximum Gasteiger partial charge on any atom is 0.269 e. The molecule has 0 radical (unpaired) electrons. The second-order valence-electron chi connectivity index (χ2n) is 5.20. The molecule has 0 aliphatic heterocycles. The highest BCUT2D eigenvalue weighted by Crippen LogP contribution is 2.12. The van der Waals surface area contributed by atoms with Crippen LogP contribution in [0.2, 0.25) is 0 Å². The van der Waals surface area contributed by atoms with Gasteiger partial charge in [0.25, 0.3) is 5.69 Å². The Kier molecular flexibility index (Phi) is 5.19. The van der Waals surface area contributed by atoms with Crippen LogP contribution in [0.3, 0.4) is 0 Å². The van der Waals surface area contributed by atoms with Crippen LogP contribution in [-0.4, -0.2) is 16.5 Å². The smallest absolute Gasteiger partial charge is 0.269 e. The number of carbonyl (C=O) groups excluding carboxylic acids is 1. The average molecular weight is 311 g/mol. The first-order valence-electron chi connectivity index (χ1n) is 7.09. The molecule has 1 N–H and O–H groups in total. The van der Waals surface area contributed by atoms with E-state index in [-0.39, 0.29) is 18.0 Å². The number of nitro groups is 1. The molecule has 0 bridgehead atoms. The molecule has 0 atom stereocenters. The van der Waals surface area contributed by atoms with Crippen molar-refractivity contribution in [3.05, 3.63) is 75.3 Å². The third-order valence-electron chi connectivity index (χ3n) is 3.33. The van der Waals surface area contributed by atoms with Crippen molar-refractivity contribution in [3.8, 4) is 0 Å². The second-order valence-corrected chi connectivity index (χ2v) is 5.20. The van der Waals surface area contributed by atoms with Crippen LogP contribution >= 0.6 is 0 Å². The number of hydrazone groups is 1. The van der Waals surface area contributed by atoms with Crippen molar-refractivity contribution in [1.29, 1.82) is 0 Å². The lowest BCUT2D eigenvalue weighted by Gasteiger charge is -2.04. The van der Waals surface area contributed by atoms with Gasteiger partial charge in [0.2, 0.25) is 5.91 Å². The number of non-ortho nitro benzene ring substituents is 1. The molecule has 23 heavy (non-hydrogen) atoms. The number of nitrogens with one attached hydrogen (secondary N) is 1. The first kappa shape index (κ1) is 16.4. The minimum Gasteiger partial charge on any atom is -0.273 e. The molecule has 2 aromatic carbocycles. The molecule has 0 aliphatic rings. The molecule has 0 aliphatic carbocycles. The molecule has 0 saturated heterocycles. The lowest BCUT2D eigenvalue weighted by atomic mass is 10.1. The van der Waals surface area contributed by atoms with Crippen LogP contribution in [0.5, 0.6) is 0 Å². The van der Waals surface area contributed by atoms with Gasteiger partial charge in [0.05, 0.1) is 17.1 Å². The number of benzene rings is 2. The normalized spacial score (nSPS) is 11.1. The maximum absolute atomic E-state index is 11.9. The summed E-state index contributed by atoms with van der Waals surface area (Å²) in [5.41, 5.74) is 5.99. The Morgan fingerprint density at radius 1 is 1.13 bits per heavy atom. The highest BCUT2D eigenvalue weighted by molar-refractivity contribution is 5.99. The van der Waals surface area contributed by atoms with Gasteiger partial charge in [0.15, 0.2) is 0 Å². The molecule has 0 saturated carbocycles. The summed E-state index contributed by atoms with van der Waals surface area (Å²) in [6.07, 6.45) is 0.114. The fraction of sp³-hybridized carbons (Fsp3) is 0.176. The van der Waals surface area contributed by atoms with Gasteiger partial charge in [0.1, 0.15) is 0 Å². The number of carbonyl (C=O) groups is 1. The van der Waals surface area contributed by atoms with E-state index in [1.165, 1.54) is 12.1 Å². The van der Waals surface area contributed by atoms with E-state index in [1.54, 1.807) is 12.1 Å². The van der Waals surface area contributed by atoms with Crippen molar-refractivity contribution >= 4 is 17.3 Å². The number of rotatable bonds is 5. The largest absolute Gasteiger partial charge is 0.273 e. The van der Waals surface area contributed by atoms with Crippen LogP contribution in [0.15, 0.2) is 53.6 Å². The summed E-state index contributed by atoms with van der Waals surface area (Å²) in [4.78, 5) is 22.0. The number of amides is 1. The predicted molar refractivity (Wildman–Crippen MR) is 88.3 cm³/mol. The molecule has 2 aromatic rings. The average Bonchev–Trinajstić information content (AvgIpc) is 2.54. The van der Waals surface area contributed by atoms with Gasteiger partial charge in [-0.1, -0.05) is 42.0 Å². The second kappa shape index (κ2) is 7.31. The van der Waals surface area contributed by atoms with Gasteiger partial charge in [-0.05, 0) is 25.0 Å². The van der Waals surface area contributed by atoms with Gasteiger partial charge in [-0.3, -0.25) is 14.9 Å². The molecule has 2 rings (SSSR count). The molecule has 0 unspecified atom stereocenters. The highest BCUT2D eigenvalue weighted by atomic mass is 16.6. The Bertz CT molecular complexity index is 735. The van der Waals surface area contributed by atoms with Crippen molar-refractivity contribution in [2.45, 2.75) is 20.3 Å². The zero-order valence-corrected chi connectivity index (χ0v) is 12.9. The summed E-state index contributed by atoms with van der Waals surface area (Å²) in [6, 6.07) is 13.7. The molecule has 0 aromatic heterocycles. The van der Waals surface area contributed by atoms with Crippen LogP contribution in [0.4, 0.5) is 5.69 Å². The quantitative estimate of drug-likeness (QED) is 0.523. The van der Waals surface area contributed by atoms with Crippen LogP contribution < -0.4 is 5.43 Å². The molecule has 118 valence electrons. The number of hydrogen-bond acceptors (Lipinski definition) is 4. The van der Waals surface area contributed by atoms with E-state index in [0.717, 1.165) is 11.1 Å². The van der Waals surface area contributed by atoms with Crippen molar-refractivity contribution in [3.63, 3.8) is 0 Å². The fourth-order valence-electron chi connectivity index (χ4n) is 1.97. The van der Waals surface area contributed by atoms with Crippen LogP contribution in [0.25, 0.3) is 0 Å². The van der Waals surface area contributed by atoms with Gasteiger partial charge in [-0.15, -0.1) is 0 Å². The monoisotopic (exact) mass is 311 g/mol. The Hall–Kier alpha value is -3.02. The Morgan fingerprint density at radius 2 is 1.74 bits per heavy atom.